The third-order valence-electron chi connectivity index (χ3n) is 4.41. The van der Waals surface area contributed by atoms with Crippen molar-refractivity contribution in [1.29, 1.82) is 0 Å². The average Bonchev–Trinajstić information content (AvgIpc) is 3.26. The summed E-state index contributed by atoms with van der Waals surface area (Å²) in [6.07, 6.45) is 9.16. The topological polar surface area (TPSA) is 77.1 Å². The molecule has 3 rings (SSSR count). The second kappa shape index (κ2) is 7.72. The normalized spacial score (nSPS) is 24.3. The van der Waals surface area contributed by atoms with Gasteiger partial charge in [0, 0.05) is 50.4 Å². The molecule has 2 aromatic rings. The van der Waals surface area contributed by atoms with E-state index in [1.807, 2.05) is 34.0 Å². The number of aliphatic hydroxyl groups is 1. The Kier molecular flexibility index (Phi) is 5.43. The second-order valence-corrected chi connectivity index (χ2v) is 6.22. The zero-order valence-electron chi connectivity index (χ0n) is 13.5. The van der Waals surface area contributed by atoms with Crippen molar-refractivity contribution in [2.24, 2.45) is 5.92 Å². The van der Waals surface area contributed by atoms with E-state index in [1.54, 1.807) is 13.3 Å². The van der Waals surface area contributed by atoms with Gasteiger partial charge in [-0.05, 0) is 24.8 Å². The van der Waals surface area contributed by atoms with Gasteiger partial charge in [0.05, 0.1) is 25.5 Å². The molecule has 3 atom stereocenters. The first kappa shape index (κ1) is 16.2. The van der Waals surface area contributed by atoms with Gasteiger partial charge in [-0.2, -0.15) is 10.2 Å². The van der Waals surface area contributed by atoms with Crippen LogP contribution in [0.1, 0.15) is 18.4 Å². The van der Waals surface area contributed by atoms with Gasteiger partial charge in [-0.15, -0.1) is 0 Å². The molecule has 7 heteroatoms. The number of nitrogens with one attached hydrogen (secondary N) is 1. The summed E-state index contributed by atoms with van der Waals surface area (Å²) in [7, 11) is 1.69. The first-order valence-electron chi connectivity index (χ1n) is 8.13. The Balaban J connectivity index is 1.45. The summed E-state index contributed by atoms with van der Waals surface area (Å²) in [5.41, 5.74) is 1.13. The number of aromatic nitrogens is 4. The van der Waals surface area contributed by atoms with Crippen molar-refractivity contribution in [3.8, 4) is 0 Å². The van der Waals surface area contributed by atoms with E-state index in [-0.39, 0.29) is 12.1 Å². The van der Waals surface area contributed by atoms with E-state index in [2.05, 4.69) is 15.5 Å². The van der Waals surface area contributed by atoms with Crippen LogP contribution >= 0.6 is 0 Å². The van der Waals surface area contributed by atoms with Gasteiger partial charge in [0.1, 0.15) is 0 Å². The number of rotatable bonds is 8. The number of hydrogen-bond acceptors (Lipinski definition) is 5. The molecule has 0 amide bonds. The Bertz CT molecular complexity index is 583. The lowest BCUT2D eigenvalue weighted by molar-refractivity contribution is 0.145. The highest BCUT2D eigenvalue weighted by Gasteiger charge is 2.32. The number of nitrogens with zero attached hydrogens (tertiary/aromatic N) is 4. The molecule has 1 saturated carbocycles. The van der Waals surface area contributed by atoms with Gasteiger partial charge in [0.25, 0.3) is 0 Å². The Morgan fingerprint density at radius 2 is 2.26 bits per heavy atom. The smallest absolute Gasteiger partial charge is 0.0696 e. The fourth-order valence-corrected chi connectivity index (χ4v) is 3.21. The Morgan fingerprint density at radius 3 is 3.04 bits per heavy atom. The largest absolute Gasteiger partial charge is 0.391 e. The quantitative estimate of drug-likeness (QED) is 0.747. The SMILES string of the molecule is COCCn1cc(CN[C@@H]2CC(Cn3cccn3)C[C@H]2O)cn1. The molecule has 1 fully saturated rings. The minimum Gasteiger partial charge on any atom is -0.391 e. The summed E-state index contributed by atoms with van der Waals surface area (Å²) < 4.78 is 8.87. The molecule has 1 aliphatic rings. The van der Waals surface area contributed by atoms with Crippen molar-refractivity contribution in [3.05, 3.63) is 36.4 Å². The number of ether oxygens (including phenoxy) is 1. The van der Waals surface area contributed by atoms with Gasteiger partial charge in [-0.25, -0.2) is 0 Å². The standard InChI is InChI=1S/C16H25N5O2/c1-23-6-5-21-12-14(10-19-21)9-17-15-7-13(8-16(15)22)11-20-4-2-3-18-20/h2-4,10,12-13,15-17,22H,5-9,11H2,1H3/t13?,15-,16-/m1/s1. The van der Waals surface area contributed by atoms with E-state index in [1.165, 1.54) is 0 Å². The van der Waals surface area contributed by atoms with E-state index in [4.69, 9.17) is 4.74 Å². The summed E-state index contributed by atoms with van der Waals surface area (Å²) >= 11 is 0. The maximum absolute atomic E-state index is 10.3. The van der Waals surface area contributed by atoms with Crippen LogP contribution in [0, 0.1) is 5.92 Å². The lowest BCUT2D eigenvalue weighted by Gasteiger charge is -2.15. The first-order valence-corrected chi connectivity index (χ1v) is 8.13. The molecule has 0 aliphatic heterocycles. The summed E-state index contributed by atoms with van der Waals surface area (Å²) in [6, 6.07) is 2.07. The van der Waals surface area contributed by atoms with E-state index in [0.717, 1.165) is 38.0 Å². The third kappa shape index (κ3) is 4.40. The maximum atomic E-state index is 10.3. The summed E-state index contributed by atoms with van der Waals surface area (Å²) in [5, 5.41) is 22.3. The molecular weight excluding hydrogens is 294 g/mol. The summed E-state index contributed by atoms with van der Waals surface area (Å²) in [5.74, 6) is 0.465. The molecule has 0 bridgehead atoms. The van der Waals surface area contributed by atoms with Gasteiger partial charge >= 0.3 is 0 Å². The third-order valence-corrected chi connectivity index (χ3v) is 4.41. The number of aliphatic hydroxyl groups excluding tert-OH is 1. The molecule has 126 valence electrons. The molecule has 0 radical (unpaired) electrons. The minimum atomic E-state index is -0.293. The van der Waals surface area contributed by atoms with Gasteiger partial charge in [0.2, 0.25) is 0 Å². The van der Waals surface area contributed by atoms with Crippen molar-refractivity contribution in [2.45, 2.75) is 44.6 Å². The molecular formula is C16H25N5O2. The zero-order chi connectivity index (χ0) is 16.1. The van der Waals surface area contributed by atoms with E-state index in [9.17, 15) is 5.11 Å². The van der Waals surface area contributed by atoms with E-state index in [0.29, 0.717) is 12.5 Å². The molecule has 2 aromatic heterocycles. The molecule has 7 nitrogen and oxygen atoms in total. The zero-order valence-corrected chi connectivity index (χ0v) is 13.5. The van der Waals surface area contributed by atoms with Crippen LogP contribution in [0.15, 0.2) is 30.9 Å². The van der Waals surface area contributed by atoms with Crippen molar-refractivity contribution >= 4 is 0 Å². The van der Waals surface area contributed by atoms with E-state index < -0.39 is 0 Å². The summed E-state index contributed by atoms with van der Waals surface area (Å²) in [6.45, 7) is 3.01. The molecule has 0 spiro atoms. The molecule has 0 saturated heterocycles. The highest BCUT2D eigenvalue weighted by molar-refractivity contribution is 5.04. The fourth-order valence-electron chi connectivity index (χ4n) is 3.21. The van der Waals surface area contributed by atoms with Crippen molar-refractivity contribution < 1.29 is 9.84 Å². The van der Waals surface area contributed by atoms with Gasteiger partial charge in [0.15, 0.2) is 0 Å². The van der Waals surface area contributed by atoms with Crippen LogP contribution in [-0.2, 0) is 24.4 Å². The molecule has 2 N–H and O–H groups in total. The average molecular weight is 319 g/mol. The Morgan fingerprint density at radius 1 is 1.35 bits per heavy atom. The van der Waals surface area contributed by atoms with Crippen LogP contribution in [0.4, 0.5) is 0 Å². The van der Waals surface area contributed by atoms with Crippen molar-refractivity contribution in [2.75, 3.05) is 13.7 Å². The first-order chi connectivity index (χ1) is 11.2. The van der Waals surface area contributed by atoms with Crippen LogP contribution in [0.25, 0.3) is 0 Å². The lowest BCUT2D eigenvalue weighted by atomic mass is 10.1. The van der Waals surface area contributed by atoms with Crippen LogP contribution in [0.3, 0.4) is 0 Å². The number of methoxy groups -OCH3 is 1. The predicted octanol–water partition coefficient (Wildman–Crippen LogP) is 0.655. The maximum Gasteiger partial charge on any atom is 0.0696 e. The molecule has 1 aliphatic carbocycles. The van der Waals surface area contributed by atoms with E-state index >= 15 is 0 Å². The summed E-state index contributed by atoms with van der Waals surface area (Å²) in [4.78, 5) is 0. The molecule has 1 unspecified atom stereocenters. The molecule has 2 heterocycles. The highest BCUT2D eigenvalue weighted by atomic mass is 16.5. The van der Waals surface area contributed by atoms with Gasteiger partial charge in [-0.1, -0.05) is 0 Å². The van der Waals surface area contributed by atoms with Crippen LogP contribution in [-0.4, -0.2) is 50.5 Å². The van der Waals surface area contributed by atoms with Crippen molar-refractivity contribution in [1.82, 2.24) is 24.9 Å². The fraction of sp³-hybridized carbons (Fsp3) is 0.625. The second-order valence-electron chi connectivity index (χ2n) is 6.22. The Hall–Kier alpha value is -1.70. The van der Waals surface area contributed by atoms with Crippen LogP contribution in [0.2, 0.25) is 0 Å². The van der Waals surface area contributed by atoms with Gasteiger partial charge in [-0.3, -0.25) is 9.36 Å². The minimum absolute atomic E-state index is 0.137. The molecule has 0 aromatic carbocycles. The van der Waals surface area contributed by atoms with Crippen LogP contribution < -0.4 is 5.32 Å². The Labute approximate surface area is 136 Å². The van der Waals surface area contributed by atoms with Crippen molar-refractivity contribution in [3.63, 3.8) is 0 Å². The molecule has 23 heavy (non-hydrogen) atoms. The number of hydrogen-bond donors (Lipinski definition) is 2. The predicted molar refractivity (Wildman–Crippen MR) is 85.7 cm³/mol. The highest BCUT2D eigenvalue weighted by Crippen LogP contribution is 2.27. The van der Waals surface area contributed by atoms with Gasteiger partial charge < -0.3 is 15.2 Å². The monoisotopic (exact) mass is 319 g/mol. The lowest BCUT2D eigenvalue weighted by Crippen LogP contribution is -2.35. The van der Waals surface area contributed by atoms with Crippen LogP contribution in [0.5, 0.6) is 0 Å².